The van der Waals surface area contributed by atoms with Gasteiger partial charge in [-0.15, -0.1) is 0 Å². The van der Waals surface area contributed by atoms with Crippen LogP contribution < -0.4 is 5.73 Å². The van der Waals surface area contributed by atoms with Crippen molar-refractivity contribution in [3.8, 4) is 0 Å². The van der Waals surface area contributed by atoms with E-state index in [9.17, 15) is 0 Å². The van der Waals surface area contributed by atoms with Gasteiger partial charge in [0.25, 0.3) is 0 Å². The van der Waals surface area contributed by atoms with Gasteiger partial charge in [-0.2, -0.15) is 0 Å². The molecule has 0 aromatic carbocycles. The highest BCUT2D eigenvalue weighted by Crippen LogP contribution is 2.54. The minimum atomic E-state index is -1.09. The predicted molar refractivity (Wildman–Crippen MR) is 58.5 cm³/mol. The molecular formula is C9H21NOS. The lowest BCUT2D eigenvalue weighted by Crippen LogP contribution is -2.25. The zero-order chi connectivity index (χ0) is 9.99. The third-order valence-electron chi connectivity index (χ3n) is 2.03. The Kier molecular flexibility index (Phi) is 3.66. The summed E-state index contributed by atoms with van der Waals surface area (Å²) in [6.45, 7) is 10.7. The maximum atomic E-state index is 5.72. The maximum absolute atomic E-state index is 5.72. The van der Waals surface area contributed by atoms with Gasteiger partial charge in [0.05, 0.1) is 6.54 Å². The van der Waals surface area contributed by atoms with Crippen molar-refractivity contribution in [3.63, 3.8) is 0 Å². The van der Waals surface area contributed by atoms with Crippen molar-refractivity contribution in [2.24, 2.45) is 5.73 Å². The third kappa shape index (κ3) is 3.07. The van der Waals surface area contributed by atoms with Gasteiger partial charge in [-0.3, -0.25) is 0 Å². The zero-order valence-corrected chi connectivity index (χ0v) is 9.62. The SMILES string of the molecule is C=C(CN)OS(C)(C)C(C)(C)C. The molecule has 0 heterocycles. The number of hydrogen-bond acceptors (Lipinski definition) is 2. The van der Waals surface area contributed by atoms with E-state index >= 15 is 0 Å². The third-order valence-corrected chi connectivity index (χ3v) is 5.63. The molecule has 0 rings (SSSR count). The van der Waals surface area contributed by atoms with Crippen LogP contribution in [0.15, 0.2) is 12.3 Å². The summed E-state index contributed by atoms with van der Waals surface area (Å²) in [6.07, 6.45) is 4.27. The van der Waals surface area contributed by atoms with Crippen molar-refractivity contribution >= 4 is 10.3 Å². The molecule has 0 aromatic heterocycles. The van der Waals surface area contributed by atoms with Crippen LogP contribution >= 0.6 is 10.3 Å². The van der Waals surface area contributed by atoms with Crippen LogP contribution in [0.4, 0.5) is 0 Å². The smallest absolute Gasteiger partial charge is 0.118 e. The Bertz CT molecular complexity index is 170. The van der Waals surface area contributed by atoms with Gasteiger partial charge in [-0.25, -0.2) is 0 Å². The summed E-state index contributed by atoms with van der Waals surface area (Å²) in [5.74, 6) is 0.685. The van der Waals surface area contributed by atoms with Crippen LogP contribution in [0, 0.1) is 0 Å². The van der Waals surface area contributed by atoms with E-state index < -0.39 is 10.3 Å². The van der Waals surface area contributed by atoms with Crippen molar-refractivity contribution in [2.75, 3.05) is 19.1 Å². The minimum absolute atomic E-state index is 0.172. The first kappa shape index (κ1) is 11.8. The second-order valence-electron chi connectivity index (χ2n) is 4.17. The van der Waals surface area contributed by atoms with Gasteiger partial charge in [0.15, 0.2) is 0 Å². The van der Waals surface area contributed by atoms with Crippen molar-refractivity contribution in [2.45, 2.75) is 25.5 Å². The van der Waals surface area contributed by atoms with Crippen LogP contribution in [0.25, 0.3) is 0 Å². The van der Waals surface area contributed by atoms with E-state index in [1.54, 1.807) is 0 Å². The molecule has 0 aliphatic heterocycles. The number of hydrogen-bond donors (Lipinski definition) is 1. The monoisotopic (exact) mass is 191 g/mol. The quantitative estimate of drug-likeness (QED) is 0.694. The zero-order valence-electron chi connectivity index (χ0n) is 8.81. The molecule has 74 valence electrons. The molecule has 2 N–H and O–H groups in total. The van der Waals surface area contributed by atoms with Gasteiger partial charge >= 0.3 is 0 Å². The summed E-state index contributed by atoms with van der Waals surface area (Å²) in [5, 5.41) is 0. The standard InChI is InChI=1S/C9H21NOS/c1-8(7-10)11-12(5,6)9(2,3)4/h1,7,10H2,2-6H3. The maximum Gasteiger partial charge on any atom is 0.118 e. The average molecular weight is 191 g/mol. The van der Waals surface area contributed by atoms with Crippen LogP contribution in [0.5, 0.6) is 0 Å². The Labute approximate surface area is 77.7 Å². The summed E-state index contributed by atoms with van der Waals surface area (Å²) in [5.41, 5.74) is 5.41. The molecule has 0 atom stereocenters. The second-order valence-corrected chi connectivity index (χ2v) is 8.03. The molecule has 0 unspecified atom stereocenters. The van der Waals surface area contributed by atoms with Gasteiger partial charge in [-0.1, -0.05) is 16.9 Å². The fourth-order valence-electron chi connectivity index (χ4n) is 0.454. The number of nitrogens with two attached hydrogens (primary N) is 1. The summed E-state index contributed by atoms with van der Waals surface area (Å²) in [4.78, 5) is 0. The first-order chi connectivity index (χ1) is 5.20. The molecule has 0 spiro atoms. The van der Waals surface area contributed by atoms with Crippen LogP contribution in [-0.2, 0) is 4.18 Å². The van der Waals surface area contributed by atoms with Crippen LogP contribution in [-0.4, -0.2) is 23.8 Å². The van der Waals surface area contributed by atoms with E-state index in [-0.39, 0.29) is 4.75 Å². The van der Waals surface area contributed by atoms with Gasteiger partial charge in [0.1, 0.15) is 5.76 Å². The molecule has 0 aliphatic rings. The molecule has 0 radical (unpaired) electrons. The molecule has 3 heteroatoms. The molecule has 0 bridgehead atoms. The normalized spacial score (nSPS) is 14.2. The van der Waals surface area contributed by atoms with E-state index in [0.29, 0.717) is 12.3 Å². The van der Waals surface area contributed by atoms with Crippen molar-refractivity contribution in [1.29, 1.82) is 0 Å². The van der Waals surface area contributed by atoms with Gasteiger partial charge in [0, 0.05) is 4.75 Å². The van der Waals surface area contributed by atoms with Crippen LogP contribution in [0.2, 0.25) is 0 Å². The lowest BCUT2D eigenvalue weighted by atomic mass is 10.3. The highest BCUT2D eigenvalue weighted by molar-refractivity contribution is 8.29. The Hall–Kier alpha value is -0.150. The van der Waals surface area contributed by atoms with E-state index in [2.05, 4.69) is 39.9 Å². The predicted octanol–water partition coefficient (Wildman–Crippen LogP) is 2.25. The highest BCUT2D eigenvalue weighted by atomic mass is 32.3. The lowest BCUT2D eigenvalue weighted by molar-refractivity contribution is 0.456. The van der Waals surface area contributed by atoms with E-state index in [1.165, 1.54) is 0 Å². The Morgan fingerprint density at radius 3 is 2.08 bits per heavy atom. The second kappa shape index (κ2) is 3.71. The minimum Gasteiger partial charge on any atom is -0.453 e. The fraction of sp³-hybridized carbons (Fsp3) is 0.778. The Balaban J connectivity index is 4.33. The molecule has 0 aromatic rings. The van der Waals surface area contributed by atoms with Crippen molar-refractivity contribution in [3.05, 3.63) is 12.3 Å². The fourth-order valence-corrected chi connectivity index (χ4v) is 1.36. The van der Waals surface area contributed by atoms with Crippen LogP contribution in [0.1, 0.15) is 20.8 Å². The number of rotatable bonds is 3. The van der Waals surface area contributed by atoms with E-state index in [1.807, 2.05) is 0 Å². The van der Waals surface area contributed by atoms with Gasteiger partial charge in [-0.05, 0) is 33.3 Å². The lowest BCUT2D eigenvalue weighted by Gasteiger charge is -2.44. The van der Waals surface area contributed by atoms with E-state index in [0.717, 1.165) is 0 Å². The summed E-state index contributed by atoms with van der Waals surface area (Å²) in [7, 11) is -1.09. The molecule has 0 saturated heterocycles. The molecule has 0 amide bonds. The van der Waals surface area contributed by atoms with Crippen molar-refractivity contribution < 1.29 is 4.18 Å². The topological polar surface area (TPSA) is 35.2 Å². The molecule has 0 fully saturated rings. The molecular weight excluding hydrogens is 170 g/mol. The Morgan fingerprint density at radius 2 is 1.83 bits per heavy atom. The molecule has 0 saturated carbocycles. The van der Waals surface area contributed by atoms with Gasteiger partial charge < -0.3 is 9.92 Å². The average Bonchev–Trinajstić information content (AvgIpc) is 1.84. The van der Waals surface area contributed by atoms with Gasteiger partial charge in [0.2, 0.25) is 0 Å². The summed E-state index contributed by atoms with van der Waals surface area (Å²) >= 11 is 0. The summed E-state index contributed by atoms with van der Waals surface area (Å²) in [6, 6.07) is 0. The largest absolute Gasteiger partial charge is 0.453 e. The highest BCUT2D eigenvalue weighted by Gasteiger charge is 2.29. The summed E-state index contributed by atoms with van der Waals surface area (Å²) < 4.78 is 5.89. The first-order valence-corrected chi connectivity index (χ1v) is 6.38. The van der Waals surface area contributed by atoms with E-state index in [4.69, 9.17) is 9.92 Å². The van der Waals surface area contributed by atoms with Crippen LogP contribution in [0.3, 0.4) is 0 Å². The first-order valence-electron chi connectivity index (χ1n) is 4.01. The molecule has 12 heavy (non-hydrogen) atoms. The molecule has 2 nitrogen and oxygen atoms in total. The Morgan fingerprint density at radius 1 is 1.42 bits per heavy atom. The van der Waals surface area contributed by atoms with Crippen molar-refractivity contribution in [1.82, 2.24) is 0 Å². The molecule has 0 aliphatic carbocycles.